The van der Waals surface area contributed by atoms with E-state index in [0.29, 0.717) is 0 Å². The molecule has 1 aromatic rings. The lowest BCUT2D eigenvalue weighted by Gasteiger charge is -2.17. The van der Waals surface area contributed by atoms with Crippen molar-refractivity contribution in [2.24, 2.45) is 4.40 Å². The van der Waals surface area contributed by atoms with E-state index in [4.69, 9.17) is 10.00 Å². The van der Waals surface area contributed by atoms with Gasteiger partial charge in [-0.1, -0.05) is 6.07 Å². The topological polar surface area (TPSA) is 82.8 Å². The summed E-state index contributed by atoms with van der Waals surface area (Å²) in [6.07, 6.45) is -1.59. The second-order valence-electron chi connectivity index (χ2n) is 4.19. The highest BCUT2D eigenvalue weighted by molar-refractivity contribution is 7.90. The number of benzene rings is 1. The molecule has 0 saturated heterocycles. The third-order valence-corrected chi connectivity index (χ3v) is 3.96. The molecule has 0 saturated carbocycles. The van der Waals surface area contributed by atoms with Crippen LogP contribution < -0.4 is 4.74 Å². The molecule has 1 aromatic carbocycles. The van der Waals surface area contributed by atoms with Crippen LogP contribution in [-0.4, -0.2) is 39.1 Å². The zero-order valence-electron chi connectivity index (χ0n) is 10.9. The minimum atomic E-state index is -3.84. The fourth-order valence-corrected chi connectivity index (χ4v) is 3.13. The molecule has 1 unspecified atom stereocenters. The average Bonchev–Trinajstić information content (AvgIpc) is 2.63. The maximum Gasteiger partial charge on any atom is 0.285 e. The van der Waals surface area contributed by atoms with Gasteiger partial charge in [-0.2, -0.15) is 13.7 Å². The van der Waals surface area contributed by atoms with E-state index < -0.39 is 16.4 Å². The van der Waals surface area contributed by atoms with Crippen LogP contribution in [0.5, 0.6) is 5.75 Å². The Balaban J connectivity index is 2.60. The molecule has 0 spiro atoms. The molecule has 0 amide bonds. The Morgan fingerprint density at radius 2 is 2.25 bits per heavy atom. The van der Waals surface area contributed by atoms with Gasteiger partial charge in [-0.3, -0.25) is 0 Å². The predicted molar refractivity (Wildman–Crippen MR) is 69.6 cm³/mol. The Hall–Kier alpha value is -2.14. The molecule has 8 heteroatoms. The number of hydrogen-bond acceptors (Lipinski definition) is 5. The Kier molecular flexibility index (Phi) is 3.63. The number of rotatable bonds is 3. The first-order valence-electron chi connectivity index (χ1n) is 5.74. The molecule has 6 nitrogen and oxygen atoms in total. The normalized spacial score (nSPS) is 16.8. The maximum absolute atomic E-state index is 13.0. The smallest absolute Gasteiger partial charge is 0.285 e. The van der Waals surface area contributed by atoms with Gasteiger partial charge in [-0.05, 0) is 12.1 Å². The molecule has 0 radical (unpaired) electrons. The maximum atomic E-state index is 13.0. The Bertz CT molecular complexity index is 707. The van der Waals surface area contributed by atoms with Crippen molar-refractivity contribution in [2.45, 2.75) is 18.2 Å². The Morgan fingerprint density at radius 1 is 1.55 bits per heavy atom. The van der Waals surface area contributed by atoms with Crippen molar-refractivity contribution in [3.8, 4) is 11.8 Å². The average molecular weight is 297 g/mol. The predicted octanol–water partition coefficient (Wildman–Crippen LogP) is 1.29. The molecule has 1 aliphatic rings. The molecule has 0 N–H and O–H groups in total. The molecular weight excluding hydrogens is 285 g/mol. The third kappa shape index (κ3) is 2.44. The van der Waals surface area contributed by atoms with Gasteiger partial charge in [0.15, 0.2) is 5.84 Å². The Labute approximate surface area is 116 Å². The SMILES string of the molecule is CC(F)Oc1cccc2c1C(N(C)CC#N)=NS2(=O)=O. The van der Waals surface area contributed by atoms with Crippen LogP contribution in [-0.2, 0) is 10.0 Å². The van der Waals surface area contributed by atoms with Gasteiger partial charge < -0.3 is 9.64 Å². The van der Waals surface area contributed by atoms with Crippen LogP contribution in [0.25, 0.3) is 0 Å². The number of ether oxygens (including phenoxy) is 1. The van der Waals surface area contributed by atoms with Crippen LogP contribution in [0.1, 0.15) is 12.5 Å². The molecule has 0 fully saturated rings. The number of hydrogen-bond donors (Lipinski definition) is 0. The lowest BCUT2D eigenvalue weighted by Crippen LogP contribution is -2.27. The van der Waals surface area contributed by atoms with Gasteiger partial charge in [0.05, 0.1) is 11.6 Å². The largest absolute Gasteiger partial charge is 0.460 e. The van der Waals surface area contributed by atoms with E-state index in [-0.39, 0.29) is 28.6 Å². The van der Waals surface area contributed by atoms with Gasteiger partial charge in [0.2, 0.25) is 6.36 Å². The number of amidine groups is 1. The molecule has 106 valence electrons. The van der Waals surface area contributed by atoms with Crippen molar-refractivity contribution in [2.75, 3.05) is 13.6 Å². The van der Waals surface area contributed by atoms with Gasteiger partial charge in [0.25, 0.3) is 10.0 Å². The zero-order chi connectivity index (χ0) is 14.9. The van der Waals surface area contributed by atoms with E-state index in [2.05, 4.69) is 4.40 Å². The van der Waals surface area contributed by atoms with Gasteiger partial charge in [0.1, 0.15) is 17.2 Å². The second kappa shape index (κ2) is 5.09. The van der Waals surface area contributed by atoms with E-state index in [1.54, 1.807) is 0 Å². The quantitative estimate of drug-likeness (QED) is 0.785. The molecular formula is C12H12FN3O3S. The summed E-state index contributed by atoms with van der Waals surface area (Å²) in [5, 5.41) is 8.70. The minimum absolute atomic E-state index is 0.0459. The molecule has 1 heterocycles. The molecule has 20 heavy (non-hydrogen) atoms. The highest BCUT2D eigenvalue weighted by Crippen LogP contribution is 2.34. The molecule has 2 rings (SSSR count). The summed E-state index contributed by atoms with van der Waals surface area (Å²) in [4.78, 5) is 1.33. The summed E-state index contributed by atoms with van der Waals surface area (Å²) < 4.78 is 45.6. The van der Waals surface area contributed by atoms with E-state index in [1.165, 1.54) is 37.1 Å². The highest BCUT2D eigenvalue weighted by Gasteiger charge is 2.34. The fourth-order valence-electron chi connectivity index (χ4n) is 1.87. The summed E-state index contributed by atoms with van der Waals surface area (Å²) in [5.74, 6) is 0.167. The molecule has 1 atom stereocenters. The van der Waals surface area contributed by atoms with Crippen molar-refractivity contribution in [3.05, 3.63) is 23.8 Å². The van der Waals surface area contributed by atoms with Gasteiger partial charge in [-0.25, -0.2) is 4.39 Å². The van der Waals surface area contributed by atoms with Crippen molar-refractivity contribution in [1.29, 1.82) is 5.26 Å². The minimum Gasteiger partial charge on any atom is -0.460 e. The van der Waals surface area contributed by atoms with Gasteiger partial charge >= 0.3 is 0 Å². The van der Waals surface area contributed by atoms with Crippen molar-refractivity contribution < 1.29 is 17.5 Å². The summed E-state index contributed by atoms with van der Waals surface area (Å²) in [5.41, 5.74) is 0.190. The lowest BCUT2D eigenvalue weighted by molar-refractivity contribution is 0.0855. The number of halogens is 1. The summed E-state index contributed by atoms with van der Waals surface area (Å²) >= 11 is 0. The number of alkyl halides is 1. The van der Waals surface area contributed by atoms with E-state index in [0.717, 1.165) is 0 Å². The van der Waals surface area contributed by atoms with Crippen LogP contribution >= 0.6 is 0 Å². The molecule has 0 bridgehead atoms. The fraction of sp³-hybridized carbons (Fsp3) is 0.333. The van der Waals surface area contributed by atoms with Crippen LogP contribution in [0.3, 0.4) is 0 Å². The first-order valence-corrected chi connectivity index (χ1v) is 7.18. The molecule has 0 aromatic heterocycles. The number of nitrogens with zero attached hydrogens (tertiary/aromatic N) is 3. The van der Waals surface area contributed by atoms with Crippen molar-refractivity contribution in [1.82, 2.24) is 4.90 Å². The highest BCUT2D eigenvalue weighted by atomic mass is 32.2. The standard InChI is InChI=1S/C12H12FN3O3S/c1-8(13)19-9-4-3-5-10-11(9)12(15-20(10,17)18)16(2)7-6-14/h3-5,8H,7H2,1-2H3. The van der Waals surface area contributed by atoms with Crippen LogP contribution in [0.4, 0.5) is 4.39 Å². The third-order valence-electron chi connectivity index (χ3n) is 2.65. The number of fused-ring (bicyclic) bond motifs is 1. The van der Waals surface area contributed by atoms with Crippen LogP contribution in [0.15, 0.2) is 27.5 Å². The van der Waals surface area contributed by atoms with Gasteiger partial charge in [-0.15, -0.1) is 4.40 Å². The van der Waals surface area contributed by atoms with Crippen molar-refractivity contribution in [3.63, 3.8) is 0 Å². The first-order chi connectivity index (χ1) is 9.36. The van der Waals surface area contributed by atoms with Gasteiger partial charge in [0, 0.05) is 14.0 Å². The Morgan fingerprint density at radius 3 is 2.85 bits per heavy atom. The summed E-state index contributed by atoms with van der Waals surface area (Å²) in [6, 6.07) is 6.19. The lowest BCUT2D eigenvalue weighted by atomic mass is 10.1. The van der Waals surface area contributed by atoms with Crippen LogP contribution in [0.2, 0.25) is 0 Å². The number of sulfonamides is 1. The molecule has 0 aliphatic carbocycles. The summed E-state index contributed by atoms with van der Waals surface area (Å²) in [7, 11) is -2.31. The van der Waals surface area contributed by atoms with Crippen molar-refractivity contribution >= 4 is 15.9 Å². The van der Waals surface area contributed by atoms with E-state index in [9.17, 15) is 12.8 Å². The monoisotopic (exact) mass is 297 g/mol. The first kappa shape index (κ1) is 14.3. The summed E-state index contributed by atoms with van der Waals surface area (Å²) in [6.45, 7) is 1.14. The van der Waals surface area contributed by atoms with E-state index in [1.807, 2.05) is 6.07 Å². The molecule has 1 aliphatic heterocycles. The second-order valence-corrected chi connectivity index (χ2v) is 5.77. The number of nitriles is 1. The van der Waals surface area contributed by atoms with E-state index >= 15 is 0 Å². The van der Waals surface area contributed by atoms with Crippen LogP contribution in [0, 0.1) is 11.3 Å². The zero-order valence-corrected chi connectivity index (χ0v) is 11.7.